The molecule has 96 valence electrons. The van der Waals surface area contributed by atoms with E-state index in [-0.39, 0.29) is 6.10 Å². The molecule has 2 rings (SSSR count). The van der Waals surface area contributed by atoms with E-state index >= 15 is 0 Å². The van der Waals surface area contributed by atoms with E-state index in [1.807, 2.05) is 38.2 Å². The van der Waals surface area contributed by atoms with Gasteiger partial charge in [-0.25, -0.2) is 0 Å². The van der Waals surface area contributed by atoms with Crippen molar-refractivity contribution >= 4 is 5.69 Å². The largest absolute Gasteiger partial charge is 0.388 e. The molecule has 5 heteroatoms. The van der Waals surface area contributed by atoms with Gasteiger partial charge >= 0.3 is 0 Å². The Kier molecular flexibility index (Phi) is 3.94. The summed E-state index contributed by atoms with van der Waals surface area (Å²) in [4.78, 5) is 4.35. The van der Waals surface area contributed by atoms with E-state index < -0.39 is 0 Å². The molecule has 18 heavy (non-hydrogen) atoms. The molecular weight excluding hydrogens is 230 g/mol. The lowest BCUT2D eigenvalue weighted by atomic mass is 10.2. The molecule has 0 amide bonds. The number of methoxy groups -OCH3 is 1. The Bertz CT molecular complexity index is 493. The SMILES string of the molecule is CNc1ccc(-c2nc(CC(C)OC)no2)cc1. The second kappa shape index (κ2) is 5.64. The summed E-state index contributed by atoms with van der Waals surface area (Å²) < 4.78 is 10.4. The number of aromatic nitrogens is 2. The maximum Gasteiger partial charge on any atom is 0.257 e. The first-order valence-electron chi connectivity index (χ1n) is 5.86. The van der Waals surface area contributed by atoms with E-state index in [9.17, 15) is 0 Å². The summed E-state index contributed by atoms with van der Waals surface area (Å²) in [5.74, 6) is 1.20. The van der Waals surface area contributed by atoms with Gasteiger partial charge < -0.3 is 14.6 Å². The van der Waals surface area contributed by atoms with Crippen LogP contribution < -0.4 is 5.32 Å². The quantitative estimate of drug-likeness (QED) is 0.878. The third-order valence-corrected chi connectivity index (χ3v) is 2.76. The van der Waals surface area contributed by atoms with Crippen molar-refractivity contribution in [2.45, 2.75) is 19.4 Å². The third-order valence-electron chi connectivity index (χ3n) is 2.76. The number of hydrogen-bond donors (Lipinski definition) is 1. The molecule has 0 bridgehead atoms. The van der Waals surface area contributed by atoms with Crippen LogP contribution in [0.3, 0.4) is 0 Å². The van der Waals surface area contributed by atoms with E-state index in [1.54, 1.807) is 7.11 Å². The average molecular weight is 247 g/mol. The van der Waals surface area contributed by atoms with Crippen LogP contribution in [-0.4, -0.2) is 30.4 Å². The van der Waals surface area contributed by atoms with Crippen LogP contribution in [0.15, 0.2) is 28.8 Å². The predicted molar refractivity (Wildman–Crippen MR) is 69.5 cm³/mol. The standard InChI is InChI=1S/C13H17N3O2/c1-9(17-3)8-12-15-13(18-16-12)10-4-6-11(14-2)7-5-10/h4-7,9,14H,8H2,1-3H3. The second-order valence-electron chi connectivity index (χ2n) is 4.09. The number of anilines is 1. The zero-order valence-corrected chi connectivity index (χ0v) is 10.8. The predicted octanol–water partition coefficient (Wildman–Crippen LogP) is 2.36. The van der Waals surface area contributed by atoms with Crippen LogP contribution in [0.5, 0.6) is 0 Å². The van der Waals surface area contributed by atoms with Gasteiger partial charge in [-0.1, -0.05) is 5.16 Å². The summed E-state index contributed by atoms with van der Waals surface area (Å²) in [6, 6.07) is 7.83. The summed E-state index contributed by atoms with van der Waals surface area (Å²) in [7, 11) is 3.55. The molecule has 0 aliphatic rings. The number of nitrogens with zero attached hydrogens (tertiary/aromatic N) is 2. The van der Waals surface area contributed by atoms with Crippen LogP contribution in [0.1, 0.15) is 12.7 Å². The van der Waals surface area contributed by atoms with Gasteiger partial charge in [-0.15, -0.1) is 0 Å². The smallest absolute Gasteiger partial charge is 0.257 e. The molecule has 1 aromatic heterocycles. The van der Waals surface area contributed by atoms with Gasteiger partial charge in [0.25, 0.3) is 5.89 Å². The van der Waals surface area contributed by atoms with Gasteiger partial charge in [0.15, 0.2) is 5.82 Å². The van der Waals surface area contributed by atoms with E-state index in [1.165, 1.54) is 0 Å². The lowest BCUT2D eigenvalue weighted by Crippen LogP contribution is -2.09. The first-order valence-corrected chi connectivity index (χ1v) is 5.86. The highest BCUT2D eigenvalue weighted by Crippen LogP contribution is 2.19. The van der Waals surface area contributed by atoms with E-state index in [0.717, 1.165) is 11.3 Å². The van der Waals surface area contributed by atoms with Gasteiger partial charge in [-0.3, -0.25) is 0 Å². The number of hydrogen-bond acceptors (Lipinski definition) is 5. The van der Waals surface area contributed by atoms with Crippen LogP contribution in [0.25, 0.3) is 11.5 Å². The van der Waals surface area contributed by atoms with Crippen molar-refractivity contribution in [2.75, 3.05) is 19.5 Å². The van der Waals surface area contributed by atoms with Crippen LogP contribution >= 0.6 is 0 Å². The van der Waals surface area contributed by atoms with Crippen LogP contribution in [0.4, 0.5) is 5.69 Å². The lowest BCUT2D eigenvalue weighted by molar-refractivity contribution is 0.116. The fourth-order valence-corrected chi connectivity index (χ4v) is 1.57. The zero-order valence-electron chi connectivity index (χ0n) is 10.8. The minimum atomic E-state index is 0.0853. The summed E-state index contributed by atoms with van der Waals surface area (Å²) in [5, 5.41) is 7.00. The van der Waals surface area contributed by atoms with Crippen LogP contribution in [0, 0.1) is 0 Å². The Morgan fingerprint density at radius 3 is 2.67 bits per heavy atom. The number of rotatable bonds is 5. The molecule has 0 radical (unpaired) electrons. The van der Waals surface area contributed by atoms with Crippen molar-refractivity contribution in [3.05, 3.63) is 30.1 Å². The fourth-order valence-electron chi connectivity index (χ4n) is 1.57. The molecule has 1 atom stereocenters. The van der Waals surface area contributed by atoms with Crippen molar-refractivity contribution < 1.29 is 9.26 Å². The normalized spacial score (nSPS) is 12.4. The molecule has 1 aromatic carbocycles. The third kappa shape index (κ3) is 2.87. The lowest BCUT2D eigenvalue weighted by Gasteiger charge is -2.04. The Labute approximate surface area is 106 Å². The molecule has 0 aliphatic heterocycles. The molecule has 1 unspecified atom stereocenters. The van der Waals surface area contributed by atoms with Gasteiger partial charge in [0, 0.05) is 31.8 Å². The van der Waals surface area contributed by atoms with Gasteiger partial charge in [0.1, 0.15) is 0 Å². The maximum atomic E-state index is 5.23. The summed E-state index contributed by atoms with van der Waals surface area (Å²) in [5.41, 5.74) is 1.96. The topological polar surface area (TPSA) is 60.2 Å². The summed E-state index contributed by atoms with van der Waals surface area (Å²) in [6.07, 6.45) is 0.733. The summed E-state index contributed by atoms with van der Waals surface area (Å²) in [6.45, 7) is 1.97. The van der Waals surface area contributed by atoms with Crippen molar-refractivity contribution in [1.82, 2.24) is 10.1 Å². The van der Waals surface area contributed by atoms with Crippen LogP contribution in [-0.2, 0) is 11.2 Å². The molecule has 0 saturated heterocycles. The maximum absolute atomic E-state index is 5.23. The molecule has 0 saturated carbocycles. The van der Waals surface area contributed by atoms with Crippen molar-refractivity contribution in [3.63, 3.8) is 0 Å². The van der Waals surface area contributed by atoms with E-state index in [4.69, 9.17) is 9.26 Å². The minimum absolute atomic E-state index is 0.0853. The Morgan fingerprint density at radius 1 is 1.33 bits per heavy atom. The number of nitrogens with one attached hydrogen (secondary N) is 1. The molecule has 1 heterocycles. The first kappa shape index (κ1) is 12.6. The number of benzene rings is 1. The highest BCUT2D eigenvalue weighted by molar-refractivity contribution is 5.58. The van der Waals surface area contributed by atoms with Gasteiger partial charge in [-0.05, 0) is 31.2 Å². The monoisotopic (exact) mass is 247 g/mol. The van der Waals surface area contributed by atoms with Crippen LogP contribution in [0.2, 0.25) is 0 Å². The Morgan fingerprint density at radius 2 is 2.06 bits per heavy atom. The first-order chi connectivity index (χ1) is 8.72. The van der Waals surface area contributed by atoms with Gasteiger partial charge in [-0.2, -0.15) is 4.98 Å². The summed E-state index contributed by atoms with van der Waals surface area (Å²) >= 11 is 0. The molecule has 0 aliphatic carbocycles. The second-order valence-corrected chi connectivity index (χ2v) is 4.09. The minimum Gasteiger partial charge on any atom is -0.388 e. The molecule has 2 aromatic rings. The Hall–Kier alpha value is -1.88. The van der Waals surface area contributed by atoms with Crippen molar-refractivity contribution in [3.8, 4) is 11.5 Å². The van der Waals surface area contributed by atoms with Gasteiger partial charge in [0.05, 0.1) is 6.10 Å². The van der Waals surface area contributed by atoms with E-state index in [2.05, 4.69) is 15.5 Å². The molecule has 0 spiro atoms. The van der Waals surface area contributed by atoms with Gasteiger partial charge in [0.2, 0.25) is 0 Å². The number of ether oxygens (including phenoxy) is 1. The molecule has 5 nitrogen and oxygen atoms in total. The molecular formula is C13H17N3O2. The zero-order chi connectivity index (χ0) is 13.0. The highest BCUT2D eigenvalue weighted by atomic mass is 16.5. The average Bonchev–Trinajstić information content (AvgIpc) is 2.87. The van der Waals surface area contributed by atoms with E-state index in [0.29, 0.717) is 18.1 Å². The van der Waals surface area contributed by atoms with Crippen molar-refractivity contribution in [1.29, 1.82) is 0 Å². The highest BCUT2D eigenvalue weighted by Gasteiger charge is 2.11. The molecule has 0 fully saturated rings. The van der Waals surface area contributed by atoms with Crippen molar-refractivity contribution in [2.24, 2.45) is 0 Å². The fraction of sp³-hybridized carbons (Fsp3) is 0.385. The Balaban J connectivity index is 2.13. The molecule has 1 N–H and O–H groups in total.